The van der Waals surface area contributed by atoms with Crippen LogP contribution in [0.4, 0.5) is 0 Å². The second-order valence-corrected chi connectivity index (χ2v) is 6.64. The van der Waals surface area contributed by atoms with Gasteiger partial charge in [0, 0.05) is 34.9 Å². The summed E-state index contributed by atoms with van der Waals surface area (Å²) in [5, 5.41) is 5.01. The predicted octanol–water partition coefficient (Wildman–Crippen LogP) is 4.69. The average Bonchev–Trinajstić information content (AvgIpc) is 3.16. The highest BCUT2D eigenvalue weighted by Gasteiger charge is 2.06. The molecular weight excluding hydrogens is 316 g/mol. The molecule has 0 aliphatic carbocycles. The van der Waals surface area contributed by atoms with Gasteiger partial charge < -0.3 is 5.32 Å². The van der Waals surface area contributed by atoms with Crippen molar-refractivity contribution in [1.29, 1.82) is 0 Å². The van der Waals surface area contributed by atoms with Gasteiger partial charge in [-0.05, 0) is 47.2 Å². The first-order valence-electron chi connectivity index (χ1n) is 8.11. The van der Waals surface area contributed by atoms with Crippen molar-refractivity contribution in [3.05, 3.63) is 76.9 Å². The standard InChI is InChI=1S/C20H20N2OS/c1-2-4-15-6-8-17(9-7-15)20(23)22-13-16-11-18(14-21-12-16)19-5-3-10-24-19/h3,5-12,14H,2,4,13H2,1H3,(H,22,23). The lowest BCUT2D eigenvalue weighted by molar-refractivity contribution is 0.0951. The molecule has 4 heteroatoms. The second-order valence-electron chi connectivity index (χ2n) is 5.69. The topological polar surface area (TPSA) is 42.0 Å². The molecule has 0 atom stereocenters. The molecule has 0 spiro atoms. The van der Waals surface area contributed by atoms with Gasteiger partial charge in [0.05, 0.1) is 0 Å². The number of hydrogen-bond acceptors (Lipinski definition) is 3. The Bertz CT molecular complexity index is 795. The number of pyridine rings is 1. The molecule has 0 aliphatic heterocycles. The third-order valence-corrected chi connectivity index (χ3v) is 4.73. The number of benzene rings is 1. The normalized spacial score (nSPS) is 10.5. The van der Waals surface area contributed by atoms with Crippen LogP contribution < -0.4 is 5.32 Å². The summed E-state index contributed by atoms with van der Waals surface area (Å²) < 4.78 is 0. The van der Waals surface area contributed by atoms with E-state index in [0.717, 1.165) is 24.0 Å². The van der Waals surface area contributed by atoms with Crippen LogP contribution in [0.3, 0.4) is 0 Å². The Morgan fingerprint density at radius 1 is 1.12 bits per heavy atom. The summed E-state index contributed by atoms with van der Waals surface area (Å²) in [6.45, 7) is 2.63. The number of amides is 1. The van der Waals surface area contributed by atoms with Gasteiger partial charge in [-0.15, -0.1) is 11.3 Å². The molecule has 0 aliphatic rings. The molecule has 1 aromatic carbocycles. The van der Waals surface area contributed by atoms with E-state index in [2.05, 4.69) is 29.4 Å². The van der Waals surface area contributed by atoms with Crippen molar-refractivity contribution in [2.24, 2.45) is 0 Å². The molecule has 2 aromatic heterocycles. The van der Waals surface area contributed by atoms with E-state index in [0.29, 0.717) is 12.1 Å². The Morgan fingerprint density at radius 3 is 2.67 bits per heavy atom. The lowest BCUT2D eigenvalue weighted by atomic mass is 10.1. The first kappa shape index (κ1) is 16.4. The average molecular weight is 336 g/mol. The Morgan fingerprint density at radius 2 is 1.96 bits per heavy atom. The van der Waals surface area contributed by atoms with Crippen LogP contribution in [0.2, 0.25) is 0 Å². The van der Waals surface area contributed by atoms with Gasteiger partial charge in [-0.2, -0.15) is 0 Å². The zero-order chi connectivity index (χ0) is 16.8. The molecule has 0 bridgehead atoms. The van der Waals surface area contributed by atoms with Crippen molar-refractivity contribution in [2.45, 2.75) is 26.3 Å². The summed E-state index contributed by atoms with van der Waals surface area (Å²) in [6.07, 6.45) is 5.80. The Kier molecular flexibility index (Phi) is 5.39. The van der Waals surface area contributed by atoms with Crippen LogP contribution in [-0.4, -0.2) is 10.9 Å². The molecule has 0 saturated carbocycles. The minimum Gasteiger partial charge on any atom is -0.348 e. The summed E-state index contributed by atoms with van der Waals surface area (Å²) in [5.74, 6) is -0.0559. The van der Waals surface area contributed by atoms with E-state index in [1.165, 1.54) is 10.4 Å². The van der Waals surface area contributed by atoms with Gasteiger partial charge in [0.15, 0.2) is 0 Å². The Hall–Kier alpha value is -2.46. The molecule has 0 radical (unpaired) electrons. The van der Waals surface area contributed by atoms with Crippen molar-refractivity contribution in [3.8, 4) is 10.4 Å². The second kappa shape index (κ2) is 7.88. The molecule has 3 nitrogen and oxygen atoms in total. The summed E-state index contributed by atoms with van der Waals surface area (Å²) in [5.41, 5.74) is 4.04. The molecule has 1 amide bonds. The minimum atomic E-state index is -0.0559. The monoisotopic (exact) mass is 336 g/mol. The molecule has 0 saturated heterocycles. The number of carbonyl (C=O) groups is 1. The number of rotatable bonds is 6. The highest BCUT2D eigenvalue weighted by atomic mass is 32.1. The van der Waals surface area contributed by atoms with Gasteiger partial charge in [-0.25, -0.2) is 0 Å². The van der Waals surface area contributed by atoms with Crippen molar-refractivity contribution in [1.82, 2.24) is 10.3 Å². The number of aromatic nitrogens is 1. The highest BCUT2D eigenvalue weighted by molar-refractivity contribution is 7.13. The number of thiophene rings is 1. The SMILES string of the molecule is CCCc1ccc(C(=O)NCc2cncc(-c3cccs3)c2)cc1. The van der Waals surface area contributed by atoms with Crippen LogP contribution in [0.1, 0.15) is 34.8 Å². The highest BCUT2D eigenvalue weighted by Crippen LogP contribution is 2.24. The van der Waals surface area contributed by atoms with Crippen LogP contribution in [0.15, 0.2) is 60.2 Å². The van der Waals surface area contributed by atoms with E-state index in [4.69, 9.17) is 0 Å². The molecule has 0 fully saturated rings. The van der Waals surface area contributed by atoms with Gasteiger partial charge in [-0.1, -0.05) is 31.5 Å². The molecular formula is C20H20N2OS. The molecule has 1 N–H and O–H groups in total. The van der Waals surface area contributed by atoms with Crippen molar-refractivity contribution < 1.29 is 4.79 Å². The van der Waals surface area contributed by atoms with Crippen LogP contribution in [-0.2, 0) is 13.0 Å². The maximum Gasteiger partial charge on any atom is 0.251 e. The first-order chi connectivity index (χ1) is 11.8. The van der Waals surface area contributed by atoms with Gasteiger partial charge in [0.2, 0.25) is 0 Å². The number of aryl methyl sites for hydroxylation is 1. The zero-order valence-electron chi connectivity index (χ0n) is 13.7. The molecule has 0 unspecified atom stereocenters. The predicted molar refractivity (Wildman–Crippen MR) is 99.2 cm³/mol. The van der Waals surface area contributed by atoms with E-state index in [1.807, 2.05) is 41.9 Å². The van der Waals surface area contributed by atoms with Crippen LogP contribution in [0.25, 0.3) is 10.4 Å². The van der Waals surface area contributed by atoms with E-state index in [9.17, 15) is 4.79 Å². The van der Waals surface area contributed by atoms with E-state index in [-0.39, 0.29) is 5.91 Å². The first-order valence-corrected chi connectivity index (χ1v) is 8.99. The maximum absolute atomic E-state index is 12.3. The number of hydrogen-bond donors (Lipinski definition) is 1. The van der Waals surface area contributed by atoms with Gasteiger partial charge in [0.1, 0.15) is 0 Å². The van der Waals surface area contributed by atoms with Crippen molar-refractivity contribution in [3.63, 3.8) is 0 Å². The summed E-state index contributed by atoms with van der Waals surface area (Å²) in [7, 11) is 0. The number of carbonyl (C=O) groups excluding carboxylic acids is 1. The molecule has 24 heavy (non-hydrogen) atoms. The summed E-state index contributed by atoms with van der Waals surface area (Å²) >= 11 is 1.68. The zero-order valence-corrected chi connectivity index (χ0v) is 14.5. The fraction of sp³-hybridized carbons (Fsp3) is 0.200. The van der Waals surface area contributed by atoms with Crippen LogP contribution >= 0.6 is 11.3 Å². The van der Waals surface area contributed by atoms with Crippen LogP contribution in [0.5, 0.6) is 0 Å². The Labute approximate surface area is 146 Å². The lowest BCUT2D eigenvalue weighted by Crippen LogP contribution is -2.22. The third-order valence-electron chi connectivity index (χ3n) is 3.81. The molecule has 3 aromatic rings. The van der Waals surface area contributed by atoms with Gasteiger partial charge >= 0.3 is 0 Å². The summed E-state index contributed by atoms with van der Waals surface area (Å²) in [6, 6.07) is 14.0. The fourth-order valence-electron chi connectivity index (χ4n) is 2.56. The summed E-state index contributed by atoms with van der Waals surface area (Å²) in [4.78, 5) is 17.7. The molecule has 3 rings (SSSR count). The van der Waals surface area contributed by atoms with Crippen LogP contribution in [0, 0.1) is 0 Å². The van der Waals surface area contributed by atoms with E-state index >= 15 is 0 Å². The molecule has 122 valence electrons. The fourth-order valence-corrected chi connectivity index (χ4v) is 3.27. The third kappa shape index (κ3) is 4.09. The lowest BCUT2D eigenvalue weighted by Gasteiger charge is -2.07. The minimum absolute atomic E-state index is 0.0559. The van der Waals surface area contributed by atoms with Crippen molar-refractivity contribution >= 4 is 17.2 Å². The number of nitrogens with one attached hydrogen (secondary N) is 1. The van der Waals surface area contributed by atoms with Gasteiger partial charge in [-0.3, -0.25) is 9.78 Å². The smallest absolute Gasteiger partial charge is 0.251 e. The van der Waals surface area contributed by atoms with Crippen molar-refractivity contribution in [2.75, 3.05) is 0 Å². The molecule has 2 heterocycles. The van der Waals surface area contributed by atoms with E-state index < -0.39 is 0 Å². The largest absolute Gasteiger partial charge is 0.348 e. The van der Waals surface area contributed by atoms with E-state index in [1.54, 1.807) is 17.5 Å². The quantitative estimate of drug-likeness (QED) is 0.709. The Balaban J connectivity index is 1.63. The van der Waals surface area contributed by atoms with Gasteiger partial charge in [0.25, 0.3) is 5.91 Å². The number of nitrogens with zero attached hydrogens (tertiary/aromatic N) is 1. The maximum atomic E-state index is 12.3.